The largest absolute Gasteiger partial charge is 0.493 e. The van der Waals surface area contributed by atoms with Gasteiger partial charge < -0.3 is 9.47 Å². The van der Waals surface area contributed by atoms with Gasteiger partial charge in [0.15, 0.2) is 17.3 Å². The third-order valence-corrected chi connectivity index (χ3v) is 6.88. The molecule has 0 saturated heterocycles. The molecule has 4 aromatic rings. The molecular formula is C26H22FN3O2S. The molecular weight excluding hydrogens is 437 g/mol. The Kier molecular flexibility index (Phi) is 5.64. The molecule has 1 aliphatic rings. The van der Waals surface area contributed by atoms with Gasteiger partial charge in [0, 0.05) is 11.1 Å². The first-order chi connectivity index (χ1) is 16.1. The van der Waals surface area contributed by atoms with E-state index in [-0.39, 0.29) is 11.1 Å². The first-order valence-corrected chi connectivity index (χ1v) is 11.3. The zero-order valence-electron chi connectivity index (χ0n) is 18.4. The summed E-state index contributed by atoms with van der Waals surface area (Å²) in [6, 6.07) is 22.4. The predicted molar refractivity (Wildman–Crippen MR) is 130 cm³/mol. The van der Waals surface area contributed by atoms with E-state index in [4.69, 9.17) is 19.6 Å². The van der Waals surface area contributed by atoms with Gasteiger partial charge in [0.05, 0.1) is 30.9 Å². The van der Waals surface area contributed by atoms with E-state index in [0.29, 0.717) is 11.5 Å². The Morgan fingerprint density at radius 3 is 2.33 bits per heavy atom. The van der Waals surface area contributed by atoms with E-state index in [1.165, 1.54) is 12.1 Å². The van der Waals surface area contributed by atoms with Crippen molar-refractivity contribution in [2.24, 2.45) is 4.99 Å². The molecule has 0 N–H and O–H groups in total. The number of methoxy groups -OCH3 is 2. The average Bonchev–Trinajstić information content (AvgIpc) is 3.20. The maximum absolute atomic E-state index is 13.6. The van der Waals surface area contributed by atoms with Gasteiger partial charge in [-0.25, -0.2) is 14.1 Å². The molecule has 166 valence electrons. The summed E-state index contributed by atoms with van der Waals surface area (Å²) in [5.74, 6) is 1.81. The van der Waals surface area contributed by atoms with E-state index in [2.05, 4.69) is 0 Å². The maximum Gasteiger partial charge on any atom is 0.161 e. The van der Waals surface area contributed by atoms with Crippen LogP contribution in [0.3, 0.4) is 0 Å². The van der Waals surface area contributed by atoms with Crippen molar-refractivity contribution < 1.29 is 13.9 Å². The summed E-state index contributed by atoms with van der Waals surface area (Å²) >= 11 is 1.68. The highest BCUT2D eigenvalue weighted by Gasteiger charge is 2.32. The molecule has 1 aromatic heterocycles. The highest BCUT2D eigenvalue weighted by atomic mass is 32.2. The van der Waals surface area contributed by atoms with E-state index in [9.17, 15) is 4.39 Å². The van der Waals surface area contributed by atoms with Gasteiger partial charge in [-0.05, 0) is 48.9 Å². The van der Waals surface area contributed by atoms with Crippen molar-refractivity contribution in [3.63, 3.8) is 0 Å². The first kappa shape index (κ1) is 21.3. The molecule has 0 amide bonds. The van der Waals surface area contributed by atoms with E-state index in [1.54, 1.807) is 42.8 Å². The van der Waals surface area contributed by atoms with Gasteiger partial charge in [-0.2, -0.15) is 5.10 Å². The highest BCUT2D eigenvalue weighted by molar-refractivity contribution is 8.14. The molecule has 0 unspecified atom stereocenters. The SMILES string of the molecule is COc1ccc([C@@H]2SC(c3ccccc3)=Nc3c2c(C)nn3-c2ccc(F)cc2)cc1OC. The molecule has 1 atom stereocenters. The molecule has 0 spiro atoms. The van der Waals surface area contributed by atoms with Crippen molar-refractivity contribution in [3.8, 4) is 17.2 Å². The molecule has 0 aliphatic carbocycles. The standard InChI is InChI=1S/C26H22FN3O2S/c1-16-23-24(18-9-14-21(31-2)22(15-18)32-3)33-26(17-7-5-4-6-8-17)28-25(23)30(29-16)20-12-10-19(27)11-13-20/h4-15,24H,1-3H3/t24-/m0/s1. The Hall–Kier alpha value is -3.58. The second-order valence-electron chi connectivity index (χ2n) is 7.61. The Bertz CT molecular complexity index is 1330. The van der Waals surface area contributed by atoms with Crippen molar-refractivity contribution >= 4 is 22.6 Å². The molecule has 0 fully saturated rings. The quantitative estimate of drug-likeness (QED) is 0.354. The van der Waals surface area contributed by atoms with E-state index < -0.39 is 0 Å². The third kappa shape index (κ3) is 3.89. The van der Waals surface area contributed by atoms with Crippen molar-refractivity contribution in [3.05, 3.63) is 101 Å². The summed E-state index contributed by atoms with van der Waals surface area (Å²) in [6.07, 6.45) is 0. The normalized spacial score (nSPS) is 15.0. The lowest BCUT2D eigenvalue weighted by Gasteiger charge is -2.24. The number of hydrogen-bond donors (Lipinski definition) is 0. The van der Waals surface area contributed by atoms with Gasteiger partial charge in [-0.15, -0.1) is 0 Å². The van der Waals surface area contributed by atoms with E-state index >= 15 is 0 Å². The zero-order chi connectivity index (χ0) is 22.9. The third-order valence-electron chi connectivity index (χ3n) is 5.58. The van der Waals surface area contributed by atoms with Crippen molar-refractivity contribution in [2.75, 3.05) is 14.2 Å². The van der Waals surface area contributed by atoms with Gasteiger partial charge in [-0.1, -0.05) is 48.2 Å². The Morgan fingerprint density at radius 2 is 1.64 bits per heavy atom. The van der Waals surface area contributed by atoms with Crippen LogP contribution < -0.4 is 9.47 Å². The van der Waals surface area contributed by atoms with Crippen LogP contribution in [-0.4, -0.2) is 29.0 Å². The van der Waals surface area contributed by atoms with Crippen LogP contribution in [0.5, 0.6) is 11.5 Å². The molecule has 7 heteroatoms. The molecule has 0 radical (unpaired) electrons. The van der Waals surface area contributed by atoms with E-state index in [1.807, 2.05) is 55.5 Å². The summed E-state index contributed by atoms with van der Waals surface area (Å²) in [5, 5.41) is 5.63. The Labute approximate surface area is 195 Å². The molecule has 33 heavy (non-hydrogen) atoms. The van der Waals surface area contributed by atoms with Gasteiger partial charge in [0.1, 0.15) is 10.9 Å². The van der Waals surface area contributed by atoms with Crippen LogP contribution in [-0.2, 0) is 0 Å². The van der Waals surface area contributed by atoms with Crippen LogP contribution in [0.2, 0.25) is 0 Å². The number of rotatable bonds is 5. The minimum absolute atomic E-state index is 0.0540. The maximum atomic E-state index is 13.6. The van der Waals surface area contributed by atoms with Gasteiger partial charge in [-0.3, -0.25) is 0 Å². The van der Waals surface area contributed by atoms with Crippen LogP contribution >= 0.6 is 11.8 Å². The summed E-state index contributed by atoms with van der Waals surface area (Å²) in [6.45, 7) is 1.98. The number of ether oxygens (including phenoxy) is 2. The fraction of sp³-hybridized carbons (Fsp3) is 0.154. The van der Waals surface area contributed by atoms with Gasteiger partial charge in [0.2, 0.25) is 0 Å². The van der Waals surface area contributed by atoms with Crippen LogP contribution in [0.15, 0.2) is 77.8 Å². The predicted octanol–water partition coefficient (Wildman–Crippen LogP) is 6.25. The Morgan fingerprint density at radius 1 is 0.909 bits per heavy atom. The van der Waals surface area contributed by atoms with Crippen molar-refractivity contribution in [1.29, 1.82) is 0 Å². The number of thioether (sulfide) groups is 1. The van der Waals surface area contributed by atoms with Gasteiger partial charge in [0.25, 0.3) is 0 Å². The number of aliphatic imine (C=N–C) groups is 1. The summed E-state index contributed by atoms with van der Waals surface area (Å²) in [7, 11) is 3.26. The topological polar surface area (TPSA) is 48.6 Å². The highest BCUT2D eigenvalue weighted by Crippen LogP contribution is 2.49. The number of aryl methyl sites for hydroxylation is 1. The molecule has 5 rings (SSSR count). The fourth-order valence-electron chi connectivity index (χ4n) is 3.96. The average molecular weight is 460 g/mol. The van der Waals surface area contributed by atoms with Crippen molar-refractivity contribution in [2.45, 2.75) is 12.2 Å². The molecule has 0 saturated carbocycles. The number of fused-ring (bicyclic) bond motifs is 1. The van der Waals surface area contributed by atoms with Crippen LogP contribution in [0.1, 0.15) is 27.6 Å². The number of halogens is 1. The van der Waals surface area contributed by atoms with Crippen molar-refractivity contribution in [1.82, 2.24) is 9.78 Å². The zero-order valence-corrected chi connectivity index (χ0v) is 19.3. The smallest absolute Gasteiger partial charge is 0.161 e. The molecule has 3 aromatic carbocycles. The number of benzene rings is 3. The molecule has 5 nitrogen and oxygen atoms in total. The lowest BCUT2D eigenvalue weighted by atomic mass is 10.0. The van der Waals surface area contributed by atoms with Crippen LogP contribution in [0, 0.1) is 12.7 Å². The number of nitrogens with zero attached hydrogens (tertiary/aromatic N) is 3. The number of hydrogen-bond acceptors (Lipinski definition) is 5. The summed E-state index contributed by atoms with van der Waals surface area (Å²) < 4.78 is 26.3. The Balaban J connectivity index is 1.71. The number of aromatic nitrogens is 2. The minimum atomic E-state index is -0.288. The molecule has 1 aliphatic heterocycles. The van der Waals surface area contributed by atoms with E-state index in [0.717, 1.165) is 38.9 Å². The van der Waals surface area contributed by atoms with Crippen LogP contribution in [0.25, 0.3) is 5.69 Å². The molecule has 2 heterocycles. The molecule has 0 bridgehead atoms. The summed E-state index contributed by atoms with van der Waals surface area (Å²) in [5.41, 5.74) is 4.75. The monoisotopic (exact) mass is 459 g/mol. The van der Waals surface area contributed by atoms with Crippen LogP contribution in [0.4, 0.5) is 10.2 Å². The first-order valence-electron chi connectivity index (χ1n) is 10.5. The second-order valence-corrected chi connectivity index (χ2v) is 8.70. The fourth-order valence-corrected chi connectivity index (χ4v) is 5.27. The van der Waals surface area contributed by atoms with Gasteiger partial charge >= 0.3 is 0 Å². The minimum Gasteiger partial charge on any atom is -0.493 e. The summed E-state index contributed by atoms with van der Waals surface area (Å²) in [4.78, 5) is 5.02. The second kappa shape index (κ2) is 8.75. The lowest BCUT2D eigenvalue weighted by molar-refractivity contribution is 0.354. The lowest BCUT2D eigenvalue weighted by Crippen LogP contribution is -2.10.